The molecule has 0 atom stereocenters. The standard InChI is InChI=1S/C18H28N2O3/c1-12(2)18(13(3)4,14(5)6)11-19-17(21)15-7-9-16(10-8-15)20(22)23/h7-10,12-14H,11H2,1-6H3,(H,19,21). The monoisotopic (exact) mass is 320 g/mol. The van der Waals surface area contributed by atoms with Gasteiger partial charge in [-0.05, 0) is 35.3 Å². The van der Waals surface area contributed by atoms with Gasteiger partial charge in [0.05, 0.1) is 4.92 Å². The van der Waals surface area contributed by atoms with Crippen molar-refractivity contribution in [1.82, 2.24) is 5.32 Å². The fourth-order valence-corrected chi connectivity index (χ4v) is 3.68. The van der Waals surface area contributed by atoms with Crippen LogP contribution in [0.15, 0.2) is 24.3 Å². The fourth-order valence-electron chi connectivity index (χ4n) is 3.68. The molecule has 0 aliphatic heterocycles. The fraction of sp³-hybridized carbons (Fsp3) is 0.611. The lowest BCUT2D eigenvalue weighted by molar-refractivity contribution is -0.384. The van der Waals surface area contributed by atoms with Crippen LogP contribution in [0.4, 0.5) is 5.69 Å². The van der Waals surface area contributed by atoms with Crippen LogP contribution in [0.1, 0.15) is 51.9 Å². The highest BCUT2D eigenvalue weighted by molar-refractivity contribution is 5.94. The van der Waals surface area contributed by atoms with Crippen LogP contribution in [-0.4, -0.2) is 17.4 Å². The van der Waals surface area contributed by atoms with Gasteiger partial charge >= 0.3 is 0 Å². The lowest BCUT2D eigenvalue weighted by Gasteiger charge is -2.45. The molecule has 0 aliphatic rings. The number of hydrogen-bond acceptors (Lipinski definition) is 3. The first kappa shape index (κ1) is 19.1. The third-order valence-electron chi connectivity index (χ3n) is 5.12. The SMILES string of the molecule is CC(C)C(CNC(=O)c1ccc([N+](=O)[O-])cc1)(C(C)C)C(C)C. The molecule has 0 aliphatic carbocycles. The summed E-state index contributed by atoms with van der Waals surface area (Å²) in [5, 5.41) is 13.7. The molecule has 1 N–H and O–H groups in total. The van der Waals surface area contributed by atoms with Crippen LogP contribution in [0.5, 0.6) is 0 Å². The van der Waals surface area contributed by atoms with E-state index < -0.39 is 4.92 Å². The van der Waals surface area contributed by atoms with Gasteiger partial charge in [-0.3, -0.25) is 14.9 Å². The van der Waals surface area contributed by atoms with E-state index in [-0.39, 0.29) is 17.0 Å². The second-order valence-electron chi connectivity index (χ2n) is 7.06. The van der Waals surface area contributed by atoms with Crippen LogP contribution in [0.3, 0.4) is 0 Å². The third-order valence-corrected chi connectivity index (χ3v) is 5.12. The highest BCUT2D eigenvalue weighted by Crippen LogP contribution is 2.42. The number of carbonyl (C=O) groups is 1. The predicted molar refractivity (Wildman–Crippen MR) is 92.4 cm³/mol. The maximum atomic E-state index is 12.4. The predicted octanol–water partition coefficient (Wildman–Crippen LogP) is 4.28. The van der Waals surface area contributed by atoms with Gasteiger partial charge in [-0.15, -0.1) is 0 Å². The van der Waals surface area contributed by atoms with Crippen molar-refractivity contribution < 1.29 is 9.72 Å². The number of non-ortho nitro benzene ring substituents is 1. The maximum Gasteiger partial charge on any atom is 0.269 e. The van der Waals surface area contributed by atoms with Gasteiger partial charge < -0.3 is 5.32 Å². The average molecular weight is 320 g/mol. The summed E-state index contributed by atoms with van der Waals surface area (Å²) >= 11 is 0. The summed E-state index contributed by atoms with van der Waals surface area (Å²) in [5.74, 6) is 1.10. The highest BCUT2D eigenvalue weighted by atomic mass is 16.6. The molecule has 1 aromatic carbocycles. The number of carbonyl (C=O) groups excluding carboxylic acids is 1. The smallest absolute Gasteiger partial charge is 0.269 e. The molecule has 0 aromatic heterocycles. The average Bonchev–Trinajstić information content (AvgIpc) is 2.46. The number of amides is 1. The van der Waals surface area contributed by atoms with Crippen LogP contribution >= 0.6 is 0 Å². The second kappa shape index (κ2) is 7.57. The van der Waals surface area contributed by atoms with Gasteiger partial charge in [0, 0.05) is 24.2 Å². The van der Waals surface area contributed by atoms with Crippen molar-refractivity contribution in [2.24, 2.45) is 23.2 Å². The van der Waals surface area contributed by atoms with Crippen molar-refractivity contribution in [3.8, 4) is 0 Å². The summed E-state index contributed by atoms with van der Waals surface area (Å²) in [6.45, 7) is 13.7. The largest absolute Gasteiger partial charge is 0.351 e. The van der Waals surface area contributed by atoms with E-state index in [4.69, 9.17) is 0 Å². The van der Waals surface area contributed by atoms with E-state index in [1.807, 2.05) is 0 Å². The Bertz CT molecular complexity index is 526. The van der Waals surface area contributed by atoms with E-state index in [1.54, 1.807) is 0 Å². The van der Waals surface area contributed by atoms with Crippen molar-refractivity contribution in [3.63, 3.8) is 0 Å². The number of nitro benzene ring substituents is 1. The van der Waals surface area contributed by atoms with E-state index in [2.05, 4.69) is 46.9 Å². The first-order valence-electron chi connectivity index (χ1n) is 8.15. The minimum Gasteiger partial charge on any atom is -0.351 e. The van der Waals surface area contributed by atoms with Gasteiger partial charge in [0.2, 0.25) is 0 Å². The minimum absolute atomic E-state index is 0.0104. The molecule has 1 rings (SSSR count). The van der Waals surface area contributed by atoms with Crippen molar-refractivity contribution >= 4 is 11.6 Å². The number of hydrogen-bond donors (Lipinski definition) is 1. The normalized spacial score (nSPS) is 12.0. The summed E-state index contributed by atoms with van der Waals surface area (Å²) in [4.78, 5) is 22.6. The molecule has 5 heteroatoms. The van der Waals surface area contributed by atoms with Crippen molar-refractivity contribution in [2.75, 3.05) is 6.54 Å². The molecule has 1 aromatic rings. The van der Waals surface area contributed by atoms with E-state index >= 15 is 0 Å². The van der Waals surface area contributed by atoms with Gasteiger partial charge in [-0.1, -0.05) is 41.5 Å². The Morgan fingerprint density at radius 3 is 1.83 bits per heavy atom. The second-order valence-corrected chi connectivity index (χ2v) is 7.06. The summed E-state index contributed by atoms with van der Waals surface area (Å²) in [6.07, 6.45) is 0. The Kier molecular flexibility index (Phi) is 6.30. The van der Waals surface area contributed by atoms with E-state index in [0.29, 0.717) is 29.9 Å². The summed E-state index contributed by atoms with van der Waals surface area (Å²) < 4.78 is 0. The molecule has 0 spiro atoms. The van der Waals surface area contributed by atoms with Crippen molar-refractivity contribution in [2.45, 2.75) is 41.5 Å². The molecule has 1 amide bonds. The number of nitro groups is 1. The van der Waals surface area contributed by atoms with Crippen LogP contribution in [0.2, 0.25) is 0 Å². The van der Waals surface area contributed by atoms with E-state index in [1.165, 1.54) is 24.3 Å². The minimum atomic E-state index is -0.469. The summed E-state index contributed by atoms with van der Waals surface area (Å²) in [6, 6.07) is 5.70. The molecule has 128 valence electrons. The Labute approximate surface area is 138 Å². The maximum absolute atomic E-state index is 12.4. The highest BCUT2D eigenvalue weighted by Gasteiger charge is 2.40. The number of rotatable bonds is 7. The zero-order chi connectivity index (χ0) is 17.8. The molecular formula is C18H28N2O3. The summed E-state index contributed by atoms with van der Waals surface area (Å²) in [7, 11) is 0. The number of benzene rings is 1. The van der Waals surface area contributed by atoms with Crippen LogP contribution in [-0.2, 0) is 0 Å². The summed E-state index contributed by atoms with van der Waals surface area (Å²) in [5.41, 5.74) is 0.444. The Hall–Kier alpha value is -1.91. The lowest BCUT2D eigenvalue weighted by atomic mass is 9.62. The molecule has 0 heterocycles. The molecule has 0 bridgehead atoms. The molecule has 0 fully saturated rings. The number of nitrogens with zero attached hydrogens (tertiary/aromatic N) is 1. The quantitative estimate of drug-likeness (QED) is 0.602. The molecular weight excluding hydrogens is 292 g/mol. The first-order chi connectivity index (χ1) is 10.6. The Morgan fingerprint density at radius 2 is 1.48 bits per heavy atom. The topological polar surface area (TPSA) is 72.2 Å². The molecule has 0 saturated carbocycles. The van der Waals surface area contributed by atoms with E-state index in [9.17, 15) is 14.9 Å². The molecule has 0 saturated heterocycles. The Balaban J connectivity index is 2.89. The molecule has 23 heavy (non-hydrogen) atoms. The van der Waals surface area contributed by atoms with Gasteiger partial charge in [-0.2, -0.15) is 0 Å². The van der Waals surface area contributed by atoms with Crippen LogP contribution in [0.25, 0.3) is 0 Å². The molecule has 0 radical (unpaired) electrons. The zero-order valence-electron chi connectivity index (χ0n) is 14.9. The lowest BCUT2D eigenvalue weighted by Crippen LogP contribution is -2.48. The van der Waals surface area contributed by atoms with Crippen LogP contribution < -0.4 is 5.32 Å². The van der Waals surface area contributed by atoms with Gasteiger partial charge in [0.15, 0.2) is 0 Å². The number of nitrogens with one attached hydrogen (secondary N) is 1. The third kappa shape index (κ3) is 4.09. The van der Waals surface area contributed by atoms with Crippen molar-refractivity contribution in [3.05, 3.63) is 39.9 Å². The molecule has 0 unspecified atom stereocenters. The Morgan fingerprint density at radius 1 is 1.04 bits per heavy atom. The van der Waals surface area contributed by atoms with E-state index in [0.717, 1.165) is 0 Å². The van der Waals surface area contributed by atoms with Gasteiger partial charge in [0.1, 0.15) is 0 Å². The van der Waals surface area contributed by atoms with Gasteiger partial charge in [-0.25, -0.2) is 0 Å². The van der Waals surface area contributed by atoms with Gasteiger partial charge in [0.25, 0.3) is 11.6 Å². The van der Waals surface area contributed by atoms with Crippen LogP contribution in [0, 0.1) is 33.3 Å². The zero-order valence-corrected chi connectivity index (χ0v) is 14.9. The first-order valence-corrected chi connectivity index (χ1v) is 8.15. The van der Waals surface area contributed by atoms with Crippen molar-refractivity contribution in [1.29, 1.82) is 0 Å². The molecule has 5 nitrogen and oxygen atoms in total.